The van der Waals surface area contributed by atoms with Crippen molar-refractivity contribution in [2.75, 3.05) is 13.1 Å². The predicted octanol–water partition coefficient (Wildman–Crippen LogP) is 0.954. The average molecular weight is 226 g/mol. The highest BCUT2D eigenvalue weighted by molar-refractivity contribution is 5.73. The van der Waals surface area contributed by atoms with E-state index in [-0.39, 0.29) is 12.5 Å². The Labute approximate surface area is 95.6 Å². The highest BCUT2D eigenvalue weighted by atomic mass is 16.4. The van der Waals surface area contributed by atoms with Crippen molar-refractivity contribution in [2.24, 2.45) is 0 Å². The van der Waals surface area contributed by atoms with Crippen LogP contribution in [-0.2, 0) is 4.79 Å². The first-order chi connectivity index (χ1) is 7.66. The molecule has 2 amide bonds. The highest BCUT2D eigenvalue weighted by Crippen LogP contribution is 1.98. The van der Waals surface area contributed by atoms with Crippen LogP contribution in [0.3, 0.4) is 0 Å². The van der Waals surface area contributed by atoms with Crippen molar-refractivity contribution < 1.29 is 14.7 Å². The van der Waals surface area contributed by atoms with Crippen molar-refractivity contribution >= 4 is 12.0 Å². The van der Waals surface area contributed by atoms with Crippen LogP contribution in [0, 0.1) is 12.3 Å². The van der Waals surface area contributed by atoms with E-state index in [0.717, 1.165) is 12.8 Å². The Kier molecular flexibility index (Phi) is 8.79. The second-order valence-corrected chi connectivity index (χ2v) is 3.34. The van der Waals surface area contributed by atoms with Crippen molar-refractivity contribution in [2.45, 2.75) is 32.1 Å². The van der Waals surface area contributed by atoms with Gasteiger partial charge in [-0.1, -0.05) is 6.42 Å². The second kappa shape index (κ2) is 9.84. The van der Waals surface area contributed by atoms with Crippen molar-refractivity contribution in [3.63, 3.8) is 0 Å². The summed E-state index contributed by atoms with van der Waals surface area (Å²) in [7, 11) is 0. The molecule has 0 aromatic rings. The highest BCUT2D eigenvalue weighted by Gasteiger charge is 1.99. The van der Waals surface area contributed by atoms with Crippen molar-refractivity contribution in [3.05, 3.63) is 0 Å². The molecule has 5 heteroatoms. The van der Waals surface area contributed by atoms with Crippen molar-refractivity contribution in [3.8, 4) is 12.3 Å². The Morgan fingerprint density at radius 1 is 1.12 bits per heavy atom. The van der Waals surface area contributed by atoms with Gasteiger partial charge in [0.2, 0.25) is 0 Å². The number of urea groups is 1. The van der Waals surface area contributed by atoms with Crippen LogP contribution in [-0.4, -0.2) is 30.2 Å². The molecule has 16 heavy (non-hydrogen) atoms. The molecule has 0 saturated heterocycles. The molecule has 3 N–H and O–H groups in total. The van der Waals surface area contributed by atoms with E-state index in [9.17, 15) is 9.59 Å². The summed E-state index contributed by atoms with van der Waals surface area (Å²) in [6, 6.07) is -0.228. The Balaban J connectivity index is 3.22. The maximum Gasteiger partial charge on any atom is 0.314 e. The quantitative estimate of drug-likeness (QED) is 0.426. The van der Waals surface area contributed by atoms with Gasteiger partial charge in [-0.2, -0.15) is 0 Å². The summed E-state index contributed by atoms with van der Waals surface area (Å²) in [6.45, 7) is 1.03. The van der Waals surface area contributed by atoms with E-state index >= 15 is 0 Å². The van der Waals surface area contributed by atoms with Crippen LogP contribution in [0.25, 0.3) is 0 Å². The SMILES string of the molecule is C#CCCNC(=O)NCCCCCC(=O)O. The van der Waals surface area contributed by atoms with Crippen LogP contribution in [0.1, 0.15) is 32.1 Å². The molecule has 0 aliphatic rings. The Morgan fingerprint density at radius 3 is 2.44 bits per heavy atom. The van der Waals surface area contributed by atoms with Crippen LogP contribution in [0.5, 0.6) is 0 Å². The van der Waals surface area contributed by atoms with Gasteiger partial charge in [0, 0.05) is 25.9 Å². The third kappa shape index (κ3) is 10.4. The molecule has 0 aromatic heterocycles. The number of carbonyl (C=O) groups is 2. The van der Waals surface area contributed by atoms with Gasteiger partial charge in [-0.05, 0) is 12.8 Å². The zero-order valence-electron chi connectivity index (χ0n) is 9.29. The first kappa shape index (κ1) is 14.3. The summed E-state index contributed by atoms with van der Waals surface area (Å²) < 4.78 is 0. The number of carboxylic acid groups (broad SMARTS) is 1. The second-order valence-electron chi connectivity index (χ2n) is 3.34. The number of hydrogen-bond donors (Lipinski definition) is 3. The fraction of sp³-hybridized carbons (Fsp3) is 0.636. The maximum absolute atomic E-state index is 11.1. The molecular weight excluding hydrogens is 208 g/mol. The standard InChI is InChI=1S/C11H18N2O3/c1-2-3-8-12-11(16)13-9-6-4-5-7-10(14)15/h1H,3-9H2,(H,14,15)(H2,12,13,16). The first-order valence-corrected chi connectivity index (χ1v) is 5.33. The van der Waals surface area contributed by atoms with E-state index in [1.54, 1.807) is 0 Å². The minimum Gasteiger partial charge on any atom is -0.481 e. The van der Waals surface area contributed by atoms with Crippen LogP contribution >= 0.6 is 0 Å². The van der Waals surface area contributed by atoms with Crippen molar-refractivity contribution in [1.29, 1.82) is 0 Å². The molecule has 5 nitrogen and oxygen atoms in total. The third-order valence-corrected chi connectivity index (χ3v) is 1.91. The minimum absolute atomic E-state index is 0.189. The number of rotatable bonds is 8. The summed E-state index contributed by atoms with van der Waals surface area (Å²) >= 11 is 0. The molecule has 0 aliphatic heterocycles. The van der Waals surface area contributed by atoms with Gasteiger partial charge in [0.05, 0.1) is 0 Å². The molecule has 0 unspecified atom stereocenters. The van der Waals surface area contributed by atoms with E-state index in [0.29, 0.717) is 25.9 Å². The monoisotopic (exact) mass is 226 g/mol. The minimum atomic E-state index is -0.778. The summed E-state index contributed by atoms with van der Waals surface area (Å²) in [5.41, 5.74) is 0. The Bertz CT molecular complexity index is 258. The fourth-order valence-corrected chi connectivity index (χ4v) is 1.09. The number of carbonyl (C=O) groups excluding carboxylic acids is 1. The number of unbranched alkanes of at least 4 members (excludes halogenated alkanes) is 2. The molecule has 0 saturated carbocycles. The molecule has 0 spiro atoms. The number of hydrogen-bond acceptors (Lipinski definition) is 2. The van der Waals surface area contributed by atoms with Gasteiger partial charge in [-0.25, -0.2) is 4.79 Å². The Morgan fingerprint density at radius 2 is 1.81 bits per heavy atom. The number of carboxylic acids is 1. The van der Waals surface area contributed by atoms with Gasteiger partial charge in [0.25, 0.3) is 0 Å². The summed E-state index contributed by atoms with van der Waals surface area (Å²) in [6.07, 6.45) is 7.97. The normalized spacial score (nSPS) is 9.19. The third-order valence-electron chi connectivity index (χ3n) is 1.91. The van der Waals surface area contributed by atoms with Gasteiger partial charge in [0.15, 0.2) is 0 Å². The van der Waals surface area contributed by atoms with Gasteiger partial charge in [-0.15, -0.1) is 12.3 Å². The van der Waals surface area contributed by atoms with Crippen LogP contribution in [0.15, 0.2) is 0 Å². The molecule has 0 rings (SSSR count). The molecule has 0 atom stereocenters. The molecular formula is C11H18N2O3. The van der Waals surface area contributed by atoms with Crippen LogP contribution < -0.4 is 10.6 Å². The lowest BCUT2D eigenvalue weighted by Gasteiger charge is -2.05. The summed E-state index contributed by atoms with van der Waals surface area (Å²) in [5, 5.41) is 13.7. The van der Waals surface area contributed by atoms with Crippen LogP contribution in [0.4, 0.5) is 4.79 Å². The molecule has 0 heterocycles. The molecule has 0 aromatic carbocycles. The number of amides is 2. The summed E-state index contributed by atoms with van der Waals surface area (Å²) in [5.74, 6) is 1.64. The zero-order chi connectivity index (χ0) is 12.2. The van der Waals surface area contributed by atoms with E-state index < -0.39 is 5.97 Å². The largest absolute Gasteiger partial charge is 0.481 e. The molecule has 90 valence electrons. The zero-order valence-corrected chi connectivity index (χ0v) is 9.29. The Hall–Kier alpha value is -1.70. The van der Waals surface area contributed by atoms with E-state index in [4.69, 9.17) is 11.5 Å². The van der Waals surface area contributed by atoms with Gasteiger partial charge in [0.1, 0.15) is 0 Å². The number of nitrogens with one attached hydrogen (secondary N) is 2. The lowest BCUT2D eigenvalue weighted by molar-refractivity contribution is -0.137. The smallest absolute Gasteiger partial charge is 0.314 e. The summed E-state index contributed by atoms with van der Waals surface area (Å²) in [4.78, 5) is 21.3. The average Bonchev–Trinajstić information content (AvgIpc) is 2.23. The van der Waals surface area contributed by atoms with Gasteiger partial charge >= 0.3 is 12.0 Å². The predicted molar refractivity (Wildman–Crippen MR) is 61.0 cm³/mol. The lowest BCUT2D eigenvalue weighted by atomic mass is 10.2. The van der Waals surface area contributed by atoms with E-state index in [1.165, 1.54) is 0 Å². The molecule has 0 fully saturated rings. The number of aliphatic carboxylic acids is 1. The lowest BCUT2D eigenvalue weighted by Crippen LogP contribution is -2.36. The fourth-order valence-electron chi connectivity index (χ4n) is 1.09. The van der Waals surface area contributed by atoms with Gasteiger partial charge in [-0.3, -0.25) is 4.79 Å². The van der Waals surface area contributed by atoms with E-state index in [1.807, 2.05) is 0 Å². The van der Waals surface area contributed by atoms with E-state index in [2.05, 4.69) is 16.6 Å². The maximum atomic E-state index is 11.1. The van der Waals surface area contributed by atoms with Gasteiger partial charge < -0.3 is 15.7 Å². The van der Waals surface area contributed by atoms with Crippen molar-refractivity contribution in [1.82, 2.24) is 10.6 Å². The number of terminal acetylenes is 1. The molecule has 0 radical (unpaired) electrons. The first-order valence-electron chi connectivity index (χ1n) is 5.33. The topological polar surface area (TPSA) is 78.4 Å². The molecule has 0 bridgehead atoms. The molecule has 0 aliphatic carbocycles. The van der Waals surface area contributed by atoms with Crippen LogP contribution in [0.2, 0.25) is 0 Å².